The minimum absolute atomic E-state index is 0.124. The van der Waals surface area contributed by atoms with Gasteiger partial charge in [0.15, 0.2) is 11.5 Å². The van der Waals surface area contributed by atoms with E-state index in [2.05, 4.69) is 10.3 Å². The summed E-state index contributed by atoms with van der Waals surface area (Å²) in [6, 6.07) is 8.67. The summed E-state index contributed by atoms with van der Waals surface area (Å²) in [5.74, 6) is 1.06. The van der Waals surface area contributed by atoms with Crippen molar-refractivity contribution in [2.24, 2.45) is 5.73 Å². The quantitative estimate of drug-likeness (QED) is 0.888. The second-order valence-electron chi connectivity index (χ2n) is 5.90. The van der Waals surface area contributed by atoms with Crippen LogP contribution in [0.5, 0.6) is 11.5 Å². The number of hydrogen-bond acceptors (Lipinski definition) is 5. The van der Waals surface area contributed by atoms with E-state index in [4.69, 9.17) is 15.2 Å². The van der Waals surface area contributed by atoms with Crippen LogP contribution in [0.3, 0.4) is 0 Å². The second-order valence-corrected chi connectivity index (χ2v) is 5.90. The third-order valence-electron chi connectivity index (χ3n) is 4.40. The molecule has 1 aromatic heterocycles. The van der Waals surface area contributed by atoms with E-state index in [1.807, 2.05) is 18.2 Å². The van der Waals surface area contributed by atoms with Crippen LogP contribution in [-0.4, -0.2) is 23.6 Å². The molecule has 1 aromatic carbocycles. The number of anilines is 1. The van der Waals surface area contributed by atoms with Crippen molar-refractivity contribution < 1.29 is 19.1 Å². The lowest BCUT2D eigenvalue weighted by molar-refractivity contribution is -0.118. The summed E-state index contributed by atoms with van der Waals surface area (Å²) in [5, 5.41) is 2.80. The first-order valence-electron chi connectivity index (χ1n) is 7.56. The van der Waals surface area contributed by atoms with Gasteiger partial charge in [-0.3, -0.25) is 9.59 Å². The smallest absolute Gasteiger partial charge is 0.250 e. The number of carbonyl (C=O) groups is 2. The molecule has 0 atom stereocenters. The predicted molar refractivity (Wildman–Crippen MR) is 84.9 cm³/mol. The van der Waals surface area contributed by atoms with Crippen LogP contribution >= 0.6 is 0 Å². The van der Waals surface area contributed by atoms with E-state index in [0.717, 1.165) is 18.4 Å². The first-order valence-corrected chi connectivity index (χ1v) is 7.56. The van der Waals surface area contributed by atoms with Crippen LogP contribution in [0.15, 0.2) is 36.5 Å². The Morgan fingerprint density at radius 2 is 1.92 bits per heavy atom. The normalized spacial score (nSPS) is 16.5. The van der Waals surface area contributed by atoms with E-state index < -0.39 is 11.3 Å². The van der Waals surface area contributed by atoms with Crippen molar-refractivity contribution in [2.75, 3.05) is 12.1 Å². The highest BCUT2D eigenvalue weighted by Crippen LogP contribution is 2.51. The fourth-order valence-corrected chi connectivity index (χ4v) is 2.82. The highest BCUT2D eigenvalue weighted by molar-refractivity contribution is 6.01. The number of nitrogens with zero attached hydrogens (tertiary/aromatic N) is 1. The van der Waals surface area contributed by atoms with Crippen LogP contribution in [0.1, 0.15) is 28.8 Å². The molecule has 0 spiro atoms. The van der Waals surface area contributed by atoms with Gasteiger partial charge in [0.05, 0.1) is 11.0 Å². The maximum atomic E-state index is 12.7. The average Bonchev–Trinajstić information content (AvgIpc) is 3.27. The number of carbonyl (C=O) groups excluding carboxylic acids is 2. The lowest BCUT2D eigenvalue weighted by Gasteiger charge is -2.16. The van der Waals surface area contributed by atoms with Crippen molar-refractivity contribution in [1.82, 2.24) is 4.98 Å². The fraction of sp³-hybridized carbons (Fsp3) is 0.235. The Kier molecular flexibility index (Phi) is 3.16. The second kappa shape index (κ2) is 5.23. The molecular formula is C17H15N3O4. The Bertz CT molecular complexity index is 828. The van der Waals surface area contributed by atoms with Gasteiger partial charge in [-0.1, -0.05) is 6.07 Å². The molecule has 7 nitrogen and oxygen atoms in total. The molecule has 2 aliphatic rings. The number of benzene rings is 1. The maximum absolute atomic E-state index is 12.7. The first kappa shape index (κ1) is 14.5. The first-order chi connectivity index (χ1) is 11.6. The minimum atomic E-state index is -0.564. The van der Waals surface area contributed by atoms with Crippen LogP contribution in [0, 0.1) is 0 Å². The van der Waals surface area contributed by atoms with E-state index in [-0.39, 0.29) is 12.7 Å². The number of hydrogen-bond donors (Lipinski definition) is 2. The van der Waals surface area contributed by atoms with E-state index in [0.29, 0.717) is 22.9 Å². The third kappa shape index (κ3) is 2.34. The van der Waals surface area contributed by atoms with Gasteiger partial charge >= 0.3 is 0 Å². The van der Waals surface area contributed by atoms with Gasteiger partial charge in [0.25, 0.3) is 0 Å². The Morgan fingerprint density at radius 3 is 2.58 bits per heavy atom. The van der Waals surface area contributed by atoms with Crippen molar-refractivity contribution in [2.45, 2.75) is 18.3 Å². The van der Waals surface area contributed by atoms with Gasteiger partial charge in [-0.25, -0.2) is 4.98 Å². The summed E-state index contributed by atoms with van der Waals surface area (Å²) in [6.07, 6.45) is 2.87. The maximum Gasteiger partial charge on any atom is 0.250 e. The van der Waals surface area contributed by atoms with Gasteiger partial charge in [0, 0.05) is 6.20 Å². The molecule has 0 unspecified atom stereocenters. The number of nitrogens with one attached hydrogen (secondary N) is 1. The van der Waals surface area contributed by atoms with E-state index in [9.17, 15) is 9.59 Å². The zero-order valence-corrected chi connectivity index (χ0v) is 12.7. The summed E-state index contributed by atoms with van der Waals surface area (Å²) in [7, 11) is 0. The monoisotopic (exact) mass is 325 g/mol. The molecule has 0 saturated heterocycles. The Balaban J connectivity index is 1.54. The van der Waals surface area contributed by atoms with E-state index in [1.165, 1.54) is 12.3 Å². The Morgan fingerprint density at radius 1 is 1.12 bits per heavy atom. The summed E-state index contributed by atoms with van der Waals surface area (Å²) < 4.78 is 10.7. The van der Waals surface area contributed by atoms with Crippen molar-refractivity contribution in [3.8, 4) is 11.5 Å². The molecule has 24 heavy (non-hydrogen) atoms. The fourth-order valence-electron chi connectivity index (χ4n) is 2.82. The highest BCUT2D eigenvalue weighted by atomic mass is 16.7. The minimum Gasteiger partial charge on any atom is -0.454 e. The number of nitrogens with two attached hydrogens (primary N) is 1. The standard InChI is InChI=1S/C17H15N3O4/c18-15(21)10-1-4-14(19-8-10)20-16(22)17(5-6-17)11-2-3-12-13(7-11)24-9-23-12/h1-4,7-8H,5-6,9H2,(H2,18,21)(H,19,20,22). The molecule has 1 aliphatic carbocycles. The number of amides is 2. The number of aromatic nitrogens is 1. The van der Waals surface area contributed by atoms with Gasteiger partial charge in [-0.05, 0) is 42.7 Å². The van der Waals surface area contributed by atoms with Crippen molar-refractivity contribution in [3.05, 3.63) is 47.7 Å². The van der Waals surface area contributed by atoms with Crippen LogP contribution in [-0.2, 0) is 10.2 Å². The zero-order valence-electron chi connectivity index (χ0n) is 12.7. The van der Waals surface area contributed by atoms with Gasteiger partial charge in [-0.15, -0.1) is 0 Å². The molecule has 3 N–H and O–H groups in total. The molecule has 2 heterocycles. The summed E-state index contributed by atoms with van der Waals surface area (Å²) in [6.45, 7) is 0.202. The van der Waals surface area contributed by atoms with Crippen molar-refractivity contribution >= 4 is 17.6 Å². The van der Waals surface area contributed by atoms with Crippen molar-refractivity contribution in [3.63, 3.8) is 0 Å². The number of fused-ring (bicyclic) bond motifs is 1. The van der Waals surface area contributed by atoms with Crippen LogP contribution in [0.2, 0.25) is 0 Å². The molecule has 1 saturated carbocycles. The number of pyridine rings is 1. The molecule has 0 bridgehead atoms. The number of primary amides is 1. The zero-order chi connectivity index (χ0) is 16.7. The molecule has 2 aromatic rings. The molecule has 2 amide bonds. The largest absolute Gasteiger partial charge is 0.454 e. The summed E-state index contributed by atoms with van der Waals surface area (Å²) in [5.41, 5.74) is 5.81. The van der Waals surface area contributed by atoms with Crippen LogP contribution < -0.4 is 20.5 Å². The Labute approximate surface area is 137 Å². The number of rotatable bonds is 4. The lowest BCUT2D eigenvalue weighted by Crippen LogP contribution is -2.28. The third-order valence-corrected chi connectivity index (χ3v) is 4.40. The lowest BCUT2D eigenvalue weighted by atomic mass is 9.94. The SMILES string of the molecule is NC(=O)c1ccc(NC(=O)C2(c3ccc4c(c3)OCO4)CC2)nc1. The van der Waals surface area contributed by atoms with E-state index >= 15 is 0 Å². The van der Waals surface area contributed by atoms with Crippen LogP contribution in [0.4, 0.5) is 5.82 Å². The molecule has 1 aliphatic heterocycles. The van der Waals surface area contributed by atoms with Gasteiger partial charge in [0.2, 0.25) is 18.6 Å². The average molecular weight is 325 g/mol. The van der Waals surface area contributed by atoms with Crippen LogP contribution in [0.25, 0.3) is 0 Å². The molecule has 0 radical (unpaired) electrons. The number of ether oxygens (including phenoxy) is 2. The van der Waals surface area contributed by atoms with Gasteiger partial charge < -0.3 is 20.5 Å². The topological polar surface area (TPSA) is 104 Å². The van der Waals surface area contributed by atoms with Gasteiger partial charge in [-0.2, -0.15) is 0 Å². The van der Waals surface area contributed by atoms with E-state index in [1.54, 1.807) is 6.07 Å². The summed E-state index contributed by atoms with van der Waals surface area (Å²) in [4.78, 5) is 27.8. The predicted octanol–water partition coefficient (Wildman–Crippen LogP) is 1.58. The molecular weight excluding hydrogens is 310 g/mol. The Hall–Kier alpha value is -3.09. The summed E-state index contributed by atoms with van der Waals surface area (Å²) >= 11 is 0. The molecule has 7 heteroatoms. The molecule has 1 fully saturated rings. The molecule has 122 valence electrons. The highest BCUT2D eigenvalue weighted by Gasteiger charge is 2.51. The van der Waals surface area contributed by atoms with Crippen molar-refractivity contribution in [1.29, 1.82) is 0 Å². The van der Waals surface area contributed by atoms with Gasteiger partial charge in [0.1, 0.15) is 5.82 Å². The molecule has 4 rings (SSSR count).